The topological polar surface area (TPSA) is 83.9 Å². The Hall–Kier alpha value is -3.79. The Labute approximate surface area is 207 Å². The van der Waals surface area contributed by atoms with Crippen LogP contribution < -0.4 is 9.04 Å². The Bertz CT molecular complexity index is 1340. The van der Waals surface area contributed by atoms with E-state index in [4.69, 9.17) is 9.84 Å². The number of hydrogen-bond donors (Lipinski definition) is 1. The van der Waals surface area contributed by atoms with Crippen molar-refractivity contribution in [2.45, 2.75) is 37.6 Å². The molecule has 1 N–H and O–H groups in total. The van der Waals surface area contributed by atoms with Gasteiger partial charge in [-0.25, -0.2) is 13.2 Å². The molecule has 0 atom stereocenters. The van der Waals surface area contributed by atoms with E-state index in [2.05, 4.69) is 0 Å². The molecule has 0 heterocycles. The number of benzene rings is 3. The fourth-order valence-electron chi connectivity index (χ4n) is 3.43. The Morgan fingerprint density at radius 2 is 1.67 bits per heavy atom. The van der Waals surface area contributed by atoms with Gasteiger partial charge in [-0.15, -0.1) is 0 Å². The molecule has 0 spiro atoms. The van der Waals surface area contributed by atoms with Gasteiger partial charge in [0, 0.05) is 12.1 Å². The van der Waals surface area contributed by atoms with Crippen LogP contribution in [0.5, 0.6) is 5.75 Å². The molecule has 0 aliphatic heterocycles. The van der Waals surface area contributed by atoms with Crippen molar-refractivity contribution in [1.82, 2.24) is 0 Å². The Morgan fingerprint density at radius 1 is 1.03 bits per heavy atom. The molecule has 10 heteroatoms. The molecule has 0 aliphatic carbocycles. The molecule has 0 amide bonds. The number of ether oxygens (including phenoxy) is 1. The van der Waals surface area contributed by atoms with Gasteiger partial charge in [0.1, 0.15) is 12.4 Å². The standard InChI is InChI=1S/C26H24F3NO5S/c1-18(2)30(36(33,34)22-6-4-3-5-7-22)23-14-13-21(26(27,28)29)16-24(23)35-17-20-10-8-19(9-11-20)12-15-25(31)32/h3-16,18H,17H2,1-2H3,(H,31,32). The molecule has 0 saturated carbocycles. The first-order chi connectivity index (χ1) is 16.9. The average molecular weight is 520 g/mol. The van der Waals surface area contributed by atoms with Crippen LogP contribution in [-0.4, -0.2) is 25.5 Å². The zero-order valence-corrected chi connectivity index (χ0v) is 20.3. The second-order valence-corrected chi connectivity index (χ2v) is 9.90. The number of aliphatic carboxylic acids is 1. The van der Waals surface area contributed by atoms with Crippen molar-refractivity contribution in [3.05, 3.63) is 95.6 Å². The van der Waals surface area contributed by atoms with Crippen molar-refractivity contribution in [2.75, 3.05) is 4.31 Å². The average Bonchev–Trinajstić information content (AvgIpc) is 2.82. The monoisotopic (exact) mass is 519 g/mol. The maximum absolute atomic E-state index is 13.5. The molecule has 0 bridgehead atoms. The van der Waals surface area contributed by atoms with Crippen LogP contribution in [0.1, 0.15) is 30.5 Å². The molecule has 36 heavy (non-hydrogen) atoms. The first-order valence-electron chi connectivity index (χ1n) is 10.8. The summed E-state index contributed by atoms with van der Waals surface area (Å²) >= 11 is 0. The van der Waals surface area contributed by atoms with E-state index >= 15 is 0 Å². The number of alkyl halides is 3. The van der Waals surface area contributed by atoms with Crippen LogP contribution >= 0.6 is 0 Å². The minimum Gasteiger partial charge on any atom is -0.487 e. The molecule has 0 aromatic heterocycles. The summed E-state index contributed by atoms with van der Waals surface area (Å²) in [4.78, 5) is 10.7. The highest BCUT2D eigenvalue weighted by atomic mass is 32.2. The highest BCUT2D eigenvalue weighted by Gasteiger charge is 2.34. The summed E-state index contributed by atoms with van der Waals surface area (Å²) in [5, 5.41) is 8.73. The molecule has 0 saturated heterocycles. The fourth-order valence-corrected chi connectivity index (χ4v) is 5.13. The molecule has 3 aromatic rings. The van der Waals surface area contributed by atoms with Crippen LogP contribution in [0.25, 0.3) is 6.08 Å². The first kappa shape index (κ1) is 26.8. The Balaban J connectivity index is 2.00. The van der Waals surface area contributed by atoms with E-state index in [0.29, 0.717) is 11.1 Å². The quantitative estimate of drug-likeness (QED) is 0.351. The molecule has 6 nitrogen and oxygen atoms in total. The van der Waals surface area contributed by atoms with Gasteiger partial charge in [-0.3, -0.25) is 4.31 Å². The fraction of sp³-hybridized carbons (Fsp3) is 0.192. The molecular weight excluding hydrogens is 495 g/mol. The van der Waals surface area contributed by atoms with Crippen molar-refractivity contribution >= 4 is 27.8 Å². The van der Waals surface area contributed by atoms with E-state index in [-0.39, 0.29) is 22.9 Å². The highest BCUT2D eigenvalue weighted by Crippen LogP contribution is 2.39. The first-order valence-corrected chi connectivity index (χ1v) is 12.3. The van der Waals surface area contributed by atoms with Gasteiger partial charge in [0.25, 0.3) is 10.0 Å². The molecule has 190 valence electrons. The Kier molecular flexibility index (Phi) is 8.09. The number of hydrogen-bond acceptors (Lipinski definition) is 4. The van der Waals surface area contributed by atoms with Crippen LogP contribution in [0.3, 0.4) is 0 Å². The lowest BCUT2D eigenvalue weighted by Gasteiger charge is -2.30. The molecule has 0 unspecified atom stereocenters. The van der Waals surface area contributed by atoms with E-state index in [9.17, 15) is 26.4 Å². The number of carboxylic acid groups (broad SMARTS) is 1. The van der Waals surface area contributed by atoms with Gasteiger partial charge in [0.15, 0.2) is 0 Å². The second kappa shape index (κ2) is 10.9. The number of nitrogens with zero attached hydrogens (tertiary/aromatic N) is 1. The number of sulfonamides is 1. The summed E-state index contributed by atoms with van der Waals surface area (Å²) in [6, 6.07) is 16.2. The molecule has 0 fully saturated rings. The number of halogens is 3. The van der Waals surface area contributed by atoms with Gasteiger partial charge in [-0.2, -0.15) is 13.2 Å². The summed E-state index contributed by atoms with van der Waals surface area (Å²) in [5.41, 5.74) is 0.202. The summed E-state index contributed by atoms with van der Waals surface area (Å²) in [5.74, 6) is -1.34. The SMILES string of the molecule is CC(C)N(c1ccc(C(F)(F)F)cc1OCc1ccc(C=CC(=O)O)cc1)S(=O)(=O)c1ccccc1. The van der Waals surface area contributed by atoms with Gasteiger partial charge in [0.05, 0.1) is 16.1 Å². The van der Waals surface area contributed by atoms with Crippen molar-refractivity contribution in [1.29, 1.82) is 0 Å². The predicted molar refractivity (Wildman–Crippen MR) is 130 cm³/mol. The molecule has 0 aliphatic rings. The third-order valence-corrected chi connectivity index (χ3v) is 7.09. The van der Waals surface area contributed by atoms with Crippen LogP contribution in [0.2, 0.25) is 0 Å². The van der Waals surface area contributed by atoms with Gasteiger partial charge in [-0.05, 0) is 61.4 Å². The largest absolute Gasteiger partial charge is 0.487 e. The lowest BCUT2D eigenvalue weighted by atomic mass is 10.1. The second-order valence-electron chi connectivity index (χ2n) is 8.09. The molecule has 3 aromatic carbocycles. The normalized spacial score (nSPS) is 12.2. The van der Waals surface area contributed by atoms with E-state index < -0.39 is 33.8 Å². The molecule has 3 rings (SSSR count). The molecular formula is C26H24F3NO5S. The zero-order valence-electron chi connectivity index (χ0n) is 19.4. The van der Waals surface area contributed by atoms with E-state index in [1.54, 1.807) is 56.3 Å². The van der Waals surface area contributed by atoms with E-state index in [1.165, 1.54) is 18.2 Å². The van der Waals surface area contributed by atoms with Crippen LogP contribution in [0.15, 0.2) is 83.8 Å². The molecule has 0 radical (unpaired) electrons. The minimum atomic E-state index is -4.66. The third kappa shape index (κ3) is 6.45. The maximum atomic E-state index is 13.5. The highest BCUT2D eigenvalue weighted by molar-refractivity contribution is 7.92. The third-order valence-electron chi connectivity index (χ3n) is 5.09. The van der Waals surface area contributed by atoms with Gasteiger partial charge in [0.2, 0.25) is 0 Å². The van der Waals surface area contributed by atoms with Gasteiger partial charge >= 0.3 is 12.1 Å². The maximum Gasteiger partial charge on any atom is 0.416 e. The number of anilines is 1. The van der Waals surface area contributed by atoms with Gasteiger partial charge in [-0.1, -0.05) is 42.5 Å². The van der Waals surface area contributed by atoms with Crippen molar-refractivity contribution < 1.29 is 36.2 Å². The summed E-state index contributed by atoms with van der Waals surface area (Å²) in [6.45, 7) is 3.09. The predicted octanol–water partition coefficient (Wildman–Crippen LogP) is 5.99. The number of rotatable bonds is 9. The van der Waals surface area contributed by atoms with Crippen LogP contribution in [0.4, 0.5) is 18.9 Å². The smallest absolute Gasteiger partial charge is 0.416 e. The van der Waals surface area contributed by atoms with Crippen LogP contribution in [-0.2, 0) is 27.6 Å². The van der Waals surface area contributed by atoms with Crippen molar-refractivity contribution in [3.63, 3.8) is 0 Å². The summed E-state index contributed by atoms with van der Waals surface area (Å²) in [7, 11) is -4.11. The van der Waals surface area contributed by atoms with Crippen LogP contribution in [0, 0.1) is 0 Å². The lowest BCUT2D eigenvalue weighted by Crippen LogP contribution is -2.37. The summed E-state index contributed by atoms with van der Waals surface area (Å²) < 4.78 is 74.0. The van der Waals surface area contributed by atoms with E-state index in [1.807, 2.05) is 0 Å². The zero-order chi connectivity index (χ0) is 26.5. The Morgan fingerprint density at radius 3 is 2.22 bits per heavy atom. The van der Waals surface area contributed by atoms with Gasteiger partial charge < -0.3 is 9.84 Å². The minimum absolute atomic E-state index is 0.00504. The van der Waals surface area contributed by atoms with Crippen molar-refractivity contribution in [2.24, 2.45) is 0 Å². The van der Waals surface area contributed by atoms with E-state index in [0.717, 1.165) is 28.6 Å². The summed E-state index contributed by atoms with van der Waals surface area (Å²) in [6.07, 6.45) is -2.28. The number of carbonyl (C=O) groups is 1. The number of carboxylic acids is 1. The lowest BCUT2D eigenvalue weighted by molar-refractivity contribution is -0.137. The van der Waals surface area contributed by atoms with Crippen molar-refractivity contribution in [3.8, 4) is 5.75 Å².